The van der Waals surface area contributed by atoms with Crippen LogP contribution >= 0.6 is 0 Å². The lowest BCUT2D eigenvalue weighted by molar-refractivity contribution is -0.145. The van der Waals surface area contributed by atoms with Crippen LogP contribution < -0.4 is 5.48 Å². The minimum absolute atomic E-state index is 0.0570. The number of hydrogen-bond donors (Lipinski definition) is 1. The van der Waals surface area contributed by atoms with Crippen molar-refractivity contribution >= 4 is 11.7 Å². The quantitative estimate of drug-likeness (QED) is 0.847. The van der Waals surface area contributed by atoms with Crippen molar-refractivity contribution in [2.24, 2.45) is 5.41 Å². The molecule has 0 bridgehead atoms. The van der Waals surface area contributed by atoms with E-state index in [0.717, 1.165) is 42.0 Å². The number of allylic oxidation sites excluding steroid dienone is 1. The number of hydroxylamine groups is 1. The molecule has 0 spiro atoms. The highest BCUT2D eigenvalue weighted by molar-refractivity contribution is 5.72. The predicted octanol–water partition coefficient (Wildman–Crippen LogP) is 2.62. The molecule has 0 radical (unpaired) electrons. The Morgan fingerprint density at radius 2 is 2.32 bits per heavy atom. The van der Waals surface area contributed by atoms with E-state index in [1.54, 1.807) is 0 Å². The standard InChI is InChI=1S/C14H20N2O3/c1-5-6-10-13-11(16-18-9(2)17)7-14(3,4)8-12(13)19-15-10/h7,16H,5-6,8H2,1-4H3. The van der Waals surface area contributed by atoms with Gasteiger partial charge in [0.1, 0.15) is 5.76 Å². The molecule has 1 aliphatic rings. The summed E-state index contributed by atoms with van der Waals surface area (Å²) in [5.74, 6) is 0.477. The van der Waals surface area contributed by atoms with Gasteiger partial charge in [-0.2, -0.15) is 0 Å². The zero-order chi connectivity index (χ0) is 14.0. The molecular weight excluding hydrogens is 244 g/mol. The first-order chi connectivity index (χ1) is 8.93. The van der Waals surface area contributed by atoms with E-state index in [2.05, 4.69) is 37.5 Å². The number of nitrogens with zero attached hydrogens (tertiary/aromatic N) is 1. The Bertz CT molecular complexity index is 515. The molecule has 1 N–H and O–H groups in total. The van der Waals surface area contributed by atoms with E-state index in [0.29, 0.717) is 0 Å². The van der Waals surface area contributed by atoms with Crippen LogP contribution in [0.15, 0.2) is 10.6 Å². The summed E-state index contributed by atoms with van der Waals surface area (Å²) in [7, 11) is 0. The van der Waals surface area contributed by atoms with Gasteiger partial charge in [-0.1, -0.05) is 38.4 Å². The molecular formula is C14H20N2O3. The van der Waals surface area contributed by atoms with E-state index >= 15 is 0 Å². The average Bonchev–Trinajstić information content (AvgIpc) is 2.68. The van der Waals surface area contributed by atoms with E-state index in [-0.39, 0.29) is 11.4 Å². The zero-order valence-electron chi connectivity index (χ0n) is 11.9. The summed E-state index contributed by atoms with van der Waals surface area (Å²) in [5, 5.41) is 4.13. The number of aryl methyl sites for hydroxylation is 1. The number of fused-ring (bicyclic) bond motifs is 1. The van der Waals surface area contributed by atoms with Crippen molar-refractivity contribution in [1.29, 1.82) is 0 Å². The van der Waals surface area contributed by atoms with Crippen LogP contribution in [0.1, 0.15) is 51.1 Å². The lowest BCUT2D eigenvalue weighted by atomic mass is 9.80. The summed E-state index contributed by atoms with van der Waals surface area (Å²) in [4.78, 5) is 15.9. The van der Waals surface area contributed by atoms with Gasteiger partial charge in [-0.05, 0) is 11.8 Å². The number of carbonyl (C=O) groups is 1. The SMILES string of the molecule is CCCc1noc2c1C(NOC(C)=O)=CC(C)(C)C2. The summed E-state index contributed by atoms with van der Waals surface area (Å²) in [5.41, 5.74) is 5.30. The highest BCUT2D eigenvalue weighted by atomic mass is 16.7. The maximum atomic E-state index is 11.0. The smallest absolute Gasteiger partial charge is 0.329 e. The van der Waals surface area contributed by atoms with E-state index < -0.39 is 0 Å². The molecule has 0 fully saturated rings. The van der Waals surface area contributed by atoms with Crippen molar-refractivity contribution < 1.29 is 14.2 Å². The normalized spacial score (nSPS) is 16.5. The maximum Gasteiger partial charge on any atom is 0.329 e. The highest BCUT2D eigenvalue weighted by Gasteiger charge is 2.31. The third-order valence-electron chi connectivity index (χ3n) is 3.05. The molecule has 1 heterocycles. The highest BCUT2D eigenvalue weighted by Crippen LogP contribution is 2.37. The largest absolute Gasteiger partial charge is 0.360 e. The molecule has 0 saturated carbocycles. The molecule has 5 heteroatoms. The van der Waals surface area contributed by atoms with Gasteiger partial charge in [0.25, 0.3) is 0 Å². The van der Waals surface area contributed by atoms with Gasteiger partial charge >= 0.3 is 5.97 Å². The topological polar surface area (TPSA) is 64.4 Å². The average molecular weight is 264 g/mol. The van der Waals surface area contributed by atoms with Gasteiger partial charge in [0.2, 0.25) is 0 Å². The fourth-order valence-corrected chi connectivity index (χ4v) is 2.33. The summed E-state index contributed by atoms with van der Waals surface area (Å²) in [6.45, 7) is 7.67. The summed E-state index contributed by atoms with van der Waals surface area (Å²) in [6.07, 6.45) is 4.69. The summed E-state index contributed by atoms with van der Waals surface area (Å²) < 4.78 is 5.44. The second-order valence-corrected chi connectivity index (χ2v) is 5.60. The number of nitrogens with one attached hydrogen (secondary N) is 1. The first-order valence-electron chi connectivity index (χ1n) is 6.57. The molecule has 0 aromatic carbocycles. The van der Waals surface area contributed by atoms with E-state index in [1.807, 2.05) is 0 Å². The Labute approximate surface area is 112 Å². The molecule has 0 amide bonds. The molecule has 0 aliphatic heterocycles. The third kappa shape index (κ3) is 2.97. The first-order valence-corrected chi connectivity index (χ1v) is 6.57. The molecule has 0 atom stereocenters. The van der Waals surface area contributed by atoms with Crippen molar-refractivity contribution in [2.75, 3.05) is 0 Å². The molecule has 104 valence electrons. The van der Waals surface area contributed by atoms with Crippen LogP contribution in [0.4, 0.5) is 0 Å². The van der Waals surface area contributed by atoms with Gasteiger partial charge in [-0.25, -0.2) is 5.48 Å². The van der Waals surface area contributed by atoms with Gasteiger partial charge in [0.05, 0.1) is 17.0 Å². The van der Waals surface area contributed by atoms with Crippen LogP contribution in [-0.4, -0.2) is 11.1 Å². The van der Waals surface area contributed by atoms with Crippen LogP contribution in [0, 0.1) is 5.41 Å². The van der Waals surface area contributed by atoms with Gasteiger partial charge < -0.3 is 9.36 Å². The van der Waals surface area contributed by atoms with Crippen LogP contribution in [0.3, 0.4) is 0 Å². The number of aromatic nitrogens is 1. The number of carbonyl (C=O) groups excluding carboxylic acids is 1. The van der Waals surface area contributed by atoms with Gasteiger partial charge in [-0.3, -0.25) is 4.79 Å². The Balaban J connectivity index is 2.35. The lowest BCUT2D eigenvalue weighted by Crippen LogP contribution is -2.25. The molecule has 1 aliphatic carbocycles. The number of rotatable bonds is 4. The maximum absolute atomic E-state index is 11.0. The van der Waals surface area contributed by atoms with Crippen molar-refractivity contribution in [3.63, 3.8) is 0 Å². The summed E-state index contributed by atoms with van der Waals surface area (Å²) >= 11 is 0. The molecule has 19 heavy (non-hydrogen) atoms. The minimum atomic E-state index is -0.376. The van der Waals surface area contributed by atoms with Crippen LogP contribution in [0.5, 0.6) is 0 Å². The van der Waals surface area contributed by atoms with E-state index in [1.165, 1.54) is 6.92 Å². The molecule has 0 saturated heterocycles. The van der Waals surface area contributed by atoms with Crippen molar-refractivity contribution in [3.05, 3.63) is 23.1 Å². The van der Waals surface area contributed by atoms with E-state index in [9.17, 15) is 4.79 Å². The Kier molecular flexibility index (Phi) is 3.64. The van der Waals surface area contributed by atoms with Crippen LogP contribution in [0.25, 0.3) is 5.70 Å². The first kappa shape index (κ1) is 13.6. The number of hydrogen-bond acceptors (Lipinski definition) is 5. The van der Waals surface area contributed by atoms with Crippen LogP contribution in [-0.2, 0) is 22.5 Å². The third-order valence-corrected chi connectivity index (χ3v) is 3.05. The van der Waals surface area contributed by atoms with E-state index in [4.69, 9.17) is 9.36 Å². The minimum Gasteiger partial charge on any atom is -0.360 e. The Hall–Kier alpha value is -1.78. The van der Waals surface area contributed by atoms with Crippen molar-refractivity contribution in [1.82, 2.24) is 10.6 Å². The fraction of sp³-hybridized carbons (Fsp3) is 0.571. The van der Waals surface area contributed by atoms with Crippen molar-refractivity contribution in [2.45, 2.75) is 47.0 Å². The van der Waals surface area contributed by atoms with Gasteiger partial charge in [0.15, 0.2) is 0 Å². The second-order valence-electron chi connectivity index (χ2n) is 5.60. The Morgan fingerprint density at radius 3 is 2.95 bits per heavy atom. The lowest BCUT2D eigenvalue weighted by Gasteiger charge is -2.26. The Morgan fingerprint density at radius 1 is 1.58 bits per heavy atom. The van der Waals surface area contributed by atoms with Crippen LogP contribution in [0.2, 0.25) is 0 Å². The molecule has 1 aromatic heterocycles. The molecule has 5 nitrogen and oxygen atoms in total. The molecule has 0 unspecified atom stereocenters. The summed E-state index contributed by atoms with van der Waals surface area (Å²) in [6, 6.07) is 0. The molecule has 2 rings (SSSR count). The predicted molar refractivity (Wildman–Crippen MR) is 70.9 cm³/mol. The fourth-order valence-electron chi connectivity index (χ4n) is 2.33. The van der Waals surface area contributed by atoms with Gasteiger partial charge in [0, 0.05) is 13.3 Å². The molecule has 1 aromatic rings. The second kappa shape index (κ2) is 5.07. The van der Waals surface area contributed by atoms with Gasteiger partial charge in [-0.15, -0.1) is 0 Å². The van der Waals surface area contributed by atoms with Crippen molar-refractivity contribution in [3.8, 4) is 0 Å². The zero-order valence-corrected chi connectivity index (χ0v) is 11.9. The monoisotopic (exact) mass is 264 g/mol.